The molecule has 4 aliphatic rings. The summed E-state index contributed by atoms with van der Waals surface area (Å²) in [5.41, 5.74) is 4.36. The van der Waals surface area contributed by atoms with E-state index in [0.29, 0.717) is 62.5 Å². The Bertz CT molecular complexity index is 3220. The summed E-state index contributed by atoms with van der Waals surface area (Å²) < 4.78 is 51.8. The molecule has 0 aliphatic carbocycles. The van der Waals surface area contributed by atoms with Crippen LogP contribution in [0.25, 0.3) is 21.9 Å². The van der Waals surface area contributed by atoms with Crippen molar-refractivity contribution >= 4 is 97.3 Å². The summed E-state index contributed by atoms with van der Waals surface area (Å²) in [5, 5.41) is 15.3. The Morgan fingerprint density at radius 2 is 1.57 bits per heavy atom. The van der Waals surface area contributed by atoms with Crippen LogP contribution in [0.5, 0.6) is 5.75 Å². The lowest BCUT2D eigenvalue weighted by Gasteiger charge is -2.39. The minimum absolute atomic E-state index is 0.00767. The molecule has 21 heteroatoms. The summed E-state index contributed by atoms with van der Waals surface area (Å²) in [7, 11) is 0.642. The Balaban J connectivity index is 0.786. The molecule has 0 saturated carbocycles. The van der Waals surface area contributed by atoms with E-state index in [2.05, 4.69) is 51.8 Å². The minimum atomic E-state index is -2.86. The molecule has 2 aromatic heterocycles. The van der Waals surface area contributed by atoms with Crippen molar-refractivity contribution in [3.63, 3.8) is 0 Å². The fourth-order valence-electron chi connectivity index (χ4n) is 10.4. The summed E-state index contributed by atoms with van der Waals surface area (Å²) in [6.07, 6.45) is 8.16. The van der Waals surface area contributed by atoms with Crippen molar-refractivity contribution in [2.75, 3.05) is 86.7 Å². The number of aromatic nitrogens is 4. The first-order chi connectivity index (χ1) is 34.5. The number of ether oxygens (including phenoxy) is 1. The number of methoxy groups -OCH3 is 1. The van der Waals surface area contributed by atoms with Crippen molar-refractivity contribution in [3.05, 3.63) is 100 Å². The molecular weight excluding hydrogens is 1010 g/mol. The third-order valence-corrected chi connectivity index (χ3v) is 16.2. The number of halogens is 3. The molecule has 6 heterocycles. The van der Waals surface area contributed by atoms with E-state index in [1.54, 1.807) is 49.5 Å². The number of anilines is 6. The second-order valence-electron chi connectivity index (χ2n) is 19.1. The van der Waals surface area contributed by atoms with Gasteiger partial charge in [0.15, 0.2) is 0 Å². The van der Waals surface area contributed by atoms with Gasteiger partial charge in [-0.1, -0.05) is 12.1 Å². The Kier molecular flexibility index (Phi) is 13.4. The van der Waals surface area contributed by atoms with Crippen LogP contribution < -0.4 is 35.8 Å². The molecule has 4 amide bonds. The topological polar surface area (TPSA) is 187 Å². The van der Waals surface area contributed by atoms with E-state index in [1.807, 2.05) is 36.5 Å². The summed E-state index contributed by atoms with van der Waals surface area (Å²) in [4.78, 5) is 67.9. The Morgan fingerprint density at radius 1 is 0.833 bits per heavy atom. The van der Waals surface area contributed by atoms with Crippen molar-refractivity contribution in [1.29, 1.82) is 0 Å². The van der Waals surface area contributed by atoms with Crippen LogP contribution in [0.1, 0.15) is 52.8 Å². The van der Waals surface area contributed by atoms with Gasteiger partial charge in [0.2, 0.25) is 17.8 Å². The van der Waals surface area contributed by atoms with Gasteiger partial charge in [0.05, 0.1) is 46.0 Å². The van der Waals surface area contributed by atoms with Crippen molar-refractivity contribution in [2.45, 2.75) is 38.1 Å². The van der Waals surface area contributed by atoms with Gasteiger partial charge in [-0.25, -0.2) is 13.8 Å². The van der Waals surface area contributed by atoms with Crippen LogP contribution in [0.4, 0.5) is 43.3 Å². The van der Waals surface area contributed by atoms with E-state index in [1.165, 1.54) is 18.2 Å². The fraction of sp³-hybridized carbons (Fsp3) is 0.353. The summed E-state index contributed by atoms with van der Waals surface area (Å²) in [6.45, 7) is 8.74. The van der Waals surface area contributed by atoms with Crippen LogP contribution >= 0.6 is 23.1 Å². The third-order valence-electron chi connectivity index (χ3n) is 14.1. The van der Waals surface area contributed by atoms with Crippen molar-refractivity contribution in [2.24, 2.45) is 13.0 Å². The van der Waals surface area contributed by atoms with Crippen molar-refractivity contribution in [3.8, 4) is 16.9 Å². The molecular formula is C51H53BrF2N11O6P. The molecule has 4 aromatic carbocycles. The van der Waals surface area contributed by atoms with Crippen LogP contribution in [0.3, 0.4) is 0 Å². The SMILES string of the molecule is COc1cc(N2CCN(CCC3CCN(c4cc5c(cc4F)C(=O)N(C4CCC(=O)NC4=O)C5=O)CC3)CC2)c(-c2cnn(C)c2)cc1Nc1ncc(Br)c(Nc2ccc3cc(F)ccc3c2P(C)(C)=O)n1. The van der Waals surface area contributed by atoms with Crippen LogP contribution in [0.2, 0.25) is 0 Å². The molecule has 1 unspecified atom stereocenters. The summed E-state index contributed by atoms with van der Waals surface area (Å²) >= 11 is 3.58. The van der Waals surface area contributed by atoms with Gasteiger partial charge in [0, 0.05) is 93.3 Å². The lowest BCUT2D eigenvalue weighted by molar-refractivity contribution is -0.136. The fourth-order valence-corrected chi connectivity index (χ4v) is 12.2. The second kappa shape index (κ2) is 19.7. The smallest absolute Gasteiger partial charge is 0.262 e. The predicted molar refractivity (Wildman–Crippen MR) is 276 cm³/mol. The molecule has 3 N–H and O–H groups in total. The second-order valence-corrected chi connectivity index (χ2v) is 23.1. The number of imide groups is 2. The quantitative estimate of drug-likeness (QED) is 0.0757. The maximum Gasteiger partial charge on any atom is 0.262 e. The average Bonchev–Trinajstić information content (AvgIpc) is 3.89. The molecule has 374 valence electrons. The highest BCUT2D eigenvalue weighted by molar-refractivity contribution is 9.10. The average molecular weight is 1060 g/mol. The van der Waals surface area contributed by atoms with Gasteiger partial charge in [-0.15, -0.1) is 0 Å². The standard InChI is InChI=1S/C51H53BrF2N11O6P/c1-61-28-31(26-56-61)34-23-40(58-51-55-27-37(52)47(60-51)57-39-8-5-30-21-32(53)6-7-33(30)46(39)72(3,4)70)44(71-2)25-42(34)64-19-17-62(18-20-64)14-11-29-12-15-63(16-13-29)43-24-36-35(22-38(43)54)49(68)65(50(36)69)41-9-10-45(66)59-48(41)67/h5-8,21-29,41H,9-20H2,1-4H3,(H,59,66,67)(H2,55,57,58,60). The zero-order valence-corrected chi connectivity index (χ0v) is 42.7. The van der Waals surface area contributed by atoms with E-state index in [0.717, 1.165) is 79.8 Å². The van der Waals surface area contributed by atoms with E-state index in [4.69, 9.17) is 9.72 Å². The first-order valence-corrected chi connectivity index (χ1v) is 27.2. The molecule has 1 atom stereocenters. The van der Waals surface area contributed by atoms with E-state index >= 15 is 4.39 Å². The number of nitrogens with one attached hydrogen (secondary N) is 3. The molecule has 0 bridgehead atoms. The Labute approximate surface area is 422 Å². The number of rotatable bonds is 13. The number of hydrogen-bond donors (Lipinski definition) is 3. The van der Waals surface area contributed by atoms with Gasteiger partial charge in [-0.3, -0.25) is 39.0 Å². The molecule has 6 aromatic rings. The number of aryl methyl sites for hydroxylation is 1. The van der Waals surface area contributed by atoms with E-state index < -0.39 is 42.6 Å². The molecule has 17 nitrogen and oxygen atoms in total. The Morgan fingerprint density at radius 3 is 2.26 bits per heavy atom. The minimum Gasteiger partial charge on any atom is -0.494 e. The highest BCUT2D eigenvalue weighted by Crippen LogP contribution is 2.44. The number of piperazine rings is 1. The molecule has 10 rings (SSSR count). The lowest BCUT2D eigenvalue weighted by atomic mass is 9.92. The third kappa shape index (κ3) is 9.66. The highest BCUT2D eigenvalue weighted by Gasteiger charge is 2.45. The number of fused-ring (bicyclic) bond motifs is 2. The normalized spacial score (nSPS) is 18.0. The van der Waals surface area contributed by atoms with Gasteiger partial charge in [0.1, 0.15) is 36.4 Å². The number of carbonyl (C=O) groups excluding carboxylic acids is 4. The zero-order valence-electron chi connectivity index (χ0n) is 40.2. The maximum absolute atomic E-state index is 15.6. The maximum atomic E-state index is 15.6. The Hall–Kier alpha value is -6.76. The molecule has 4 aliphatic heterocycles. The van der Waals surface area contributed by atoms with Crippen molar-refractivity contribution in [1.82, 2.24) is 34.9 Å². The zero-order chi connectivity index (χ0) is 50.6. The number of carbonyl (C=O) groups is 4. The van der Waals surface area contributed by atoms with Gasteiger partial charge in [0.25, 0.3) is 11.8 Å². The molecule has 72 heavy (non-hydrogen) atoms. The van der Waals surface area contributed by atoms with Crippen LogP contribution in [0, 0.1) is 17.6 Å². The largest absolute Gasteiger partial charge is 0.494 e. The number of benzene rings is 4. The highest BCUT2D eigenvalue weighted by atomic mass is 79.9. The van der Waals surface area contributed by atoms with Gasteiger partial charge < -0.3 is 29.7 Å². The molecule has 0 spiro atoms. The van der Waals surface area contributed by atoms with Gasteiger partial charge in [-0.2, -0.15) is 10.1 Å². The molecule has 0 radical (unpaired) electrons. The van der Waals surface area contributed by atoms with E-state index in [9.17, 15) is 28.1 Å². The van der Waals surface area contributed by atoms with Crippen molar-refractivity contribution < 1.29 is 37.3 Å². The molecule has 3 fully saturated rings. The van der Waals surface area contributed by atoms with E-state index in [-0.39, 0.29) is 41.4 Å². The summed E-state index contributed by atoms with van der Waals surface area (Å²) in [6, 6.07) is 13.5. The molecule has 3 saturated heterocycles. The van der Waals surface area contributed by atoms with Gasteiger partial charge >= 0.3 is 0 Å². The lowest BCUT2D eigenvalue weighted by Crippen LogP contribution is -2.54. The van der Waals surface area contributed by atoms with Gasteiger partial charge in [-0.05, 0) is 115 Å². The van der Waals surface area contributed by atoms with Crippen LogP contribution in [-0.4, -0.2) is 125 Å². The first-order valence-electron chi connectivity index (χ1n) is 23.9. The first kappa shape index (κ1) is 48.8. The summed E-state index contributed by atoms with van der Waals surface area (Å²) in [5.74, 6) is -1.77. The van der Waals surface area contributed by atoms with Crippen LogP contribution in [-0.2, 0) is 21.2 Å². The number of nitrogens with zero attached hydrogens (tertiary/aromatic N) is 8. The number of amides is 4. The number of hydrogen-bond acceptors (Lipinski definition) is 14. The number of piperidine rings is 2. The van der Waals surface area contributed by atoms with Crippen LogP contribution in [0.15, 0.2) is 77.7 Å². The predicted octanol–water partition coefficient (Wildman–Crippen LogP) is 7.64. The monoisotopic (exact) mass is 1060 g/mol.